The first-order chi connectivity index (χ1) is 14.6. The Morgan fingerprint density at radius 1 is 1.17 bits per heavy atom. The van der Waals surface area contributed by atoms with Crippen LogP contribution in [0.4, 0.5) is 5.82 Å². The Morgan fingerprint density at radius 2 is 2.07 bits per heavy atom. The van der Waals surface area contributed by atoms with Gasteiger partial charge in [0.25, 0.3) is 5.91 Å². The summed E-state index contributed by atoms with van der Waals surface area (Å²) in [5.74, 6) is 1.25. The van der Waals surface area contributed by atoms with E-state index in [0.717, 1.165) is 48.8 Å². The summed E-state index contributed by atoms with van der Waals surface area (Å²) in [4.78, 5) is 42.6. The minimum absolute atomic E-state index is 0.148. The maximum atomic E-state index is 13.0. The second-order valence-electron chi connectivity index (χ2n) is 7.96. The molecule has 3 amide bonds. The minimum atomic E-state index is -0.583. The Hall–Kier alpha value is -3.20. The monoisotopic (exact) mass is 408 g/mol. The maximum absolute atomic E-state index is 13.0. The predicted octanol–water partition coefficient (Wildman–Crippen LogP) is 0.402. The summed E-state index contributed by atoms with van der Waals surface area (Å²) in [6.45, 7) is 3.71. The minimum Gasteiger partial charge on any atom is -0.366 e. The summed E-state index contributed by atoms with van der Waals surface area (Å²) in [6, 6.07) is 5.28. The van der Waals surface area contributed by atoms with Crippen molar-refractivity contribution in [2.45, 2.75) is 44.9 Å². The molecule has 5 rings (SSSR count). The van der Waals surface area contributed by atoms with Crippen molar-refractivity contribution in [2.24, 2.45) is 0 Å². The van der Waals surface area contributed by atoms with Gasteiger partial charge in [0.2, 0.25) is 11.8 Å². The van der Waals surface area contributed by atoms with Crippen LogP contribution in [0.2, 0.25) is 0 Å². The molecular formula is C21H24N6O3. The van der Waals surface area contributed by atoms with Crippen LogP contribution < -0.4 is 16.0 Å². The molecule has 0 spiro atoms. The molecule has 9 nitrogen and oxygen atoms in total. The molecule has 1 aromatic heterocycles. The summed E-state index contributed by atoms with van der Waals surface area (Å²) in [5, 5.41) is 9.14. The Bertz CT molecular complexity index is 1030. The molecule has 156 valence electrons. The molecule has 3 aliphatic rings. The number of imidazole rings is 1. The Kier molecular flexibility index (Phi) is 4.74. The van der Waals surface area contributed by atoms with Crippen molar-refractivity contribution in [3.05, 3.63) is 46.9 Å². The van der Waals surface area contributed by atoms with Crippen LogP contribution in [0.15, 0.2) is 24.4 Å². The van der Waals surface area contributed by atoms with E-state index in [-0.39, 0.29) is 24.1 Å². The van der Waals surface area contributed by atoms with Gasteiger partial charge >= 0.3 is 0 Å². The van der Waals surface area contributed by atoms with Crippen molar-refractivity contribution in [1.82, 2.24) is 25.1 Å². The highest BCUT2D eigenvalue weighted by Gasteiger charge is 2.39. The molecule has 9 heteroatoms. The molecule has 1 fully saturated rings. The van der Waals surface area contributed by atoms with Crippen LogP contribution in [-0.2, 0) is 35.6 Å². The molecule has 1 saturated heterocycles. The van der Waals surface area contributed by atoms with Crippen molar-refractivity contribution in [3.8, 4) is 0 Å². The first-order valence-electron chi connectivity index (χ1n) is 10.4. The summed E-state index contributed by atoms with van der Waals surface area (Å²) in [6.07, 6.45) is 3.41. The number of nitrogens with one attached hydrogen (secondary N) is 3. The zero-order valence-corrected chi connectivity index (χ0v) is 16.6. The summed E-state index contributed by atoms with van der Waals surface area (Å²) in [5.41, 5.74) is 2.54. The van der Waals surface area contributed by atoms with E-state index in [1.165, 1.54) is 0 Å². The van der Waals surface area contributed by atoms with E-state index in [1.54, 1.807) is 4.90 Å². The van der Waals surface area contributed by atoms with E-state index in [0.29, 0.717) is 25.1 Å². The molecule has 0 bridgehead atoms. The molecule has 3 aliphatic heterocycles. The van der Waals surface area contributed by atoms with E-state index < -0.39 is 6.04 Å². The number of amides is 3. The second kappa shape index (κ2) is 7.56. The van der Waals surface area contributed by atoms with Crippen molar-refractivity contribution in [1.29, 1.82) is 0 Å². The molecule has 1 aromatic carbocycles. The van der Waals surface area contributed by atoms with Crippen LogP contribution in [0.3, 0.4) is 0 Å². The number of piperidine rings is 1. The topological polar surface area (TPSA) is 108 Å². The average Bonchev–Trinajstić information content (AvgIpc) is 3.17. The van der Waals surface area contributed by atoms with Crippen LogP contribution >= 0.6 is 0 Å². The molecule has 0 radical (unpaired) electrons. The Morgan fingerprint density at radius 3 is 2.93 bits per heavy atom. The zero-order valence-electron chi connectivity index (χ0n) is 16.6. The van der Waals surface area contributed by atoms with Gasteiger partial charge in [0.05, 0.1) is 6.20 Å². The first-order valence-corrected chi connectivity index (χ1v) is 10.4. The number of hydrogen-bond acceptors (Lipinski definition) is 6. The first kappa shape index (κ1) is 18.8. The molecular weight excluding hydrogens is 384 g/mol. The molecule has 2 aromatic rings. The summed E-state index contributed by atoms with van der Waals surface area (Å²) < 4.78 is 2.20. The Balaban J connectivity index is 1.29. The lowest BCUT2D eigenvalue weighted by Crippen LogP contribution is -2.52. The molecule has 1 atom stereocenters. The number of rotatable bonds is 4. The van der Waals surface area contributed by atoms with E-state index in [9.17, 15) is 14.4 Å². The lowest BCUT2D eigenvalue weighted by atomic mass is 10.0. The number of aromatic nitrogens is 2. The molecule has 1 unspecified atom stereocenters. The van der Waals surface area contributed by atoms with Crippen molar-refractivity contribution >= 4 is 23.5 Å². The highest BCUT2D eigenvalue weighted by Crippen LogP contribution is 2.28. The van der Waals surface area contributed by atoms with Crippen molar-refractivity contribution in [2.75, 3.05) is 18.4 Å². The fourth-order valence-corrected chi connectivity index (χ4v) is 4.42. The normalized spacial score (nSPS) is 21.1. The lowest BCUT2D eigenvalue weighted by Gasteiger charge is -2.29. The second-order valence-corrected chi connectivity index (χ2v) is 7.96. The van der Waals surface area contributed by atoms with Crippen LogP contribution in [0, 0.1) is 0 Å². The third kappa shape index (κ3) is 3.35. The number of carbonyl (C=O) groups is 3. The van der Waals surface area contributed by atoms with Gasteiger partial charge in [-0.05, 0) is 23.6 Å². The number of fused-ring (bicyclic) bond motifs is 2. The molecule has 4 heterocycles. The molecule has 30 heavy (non-hydrogen) atoms. The van der Waals surface area contributed by atoms with Gasteiger partial charge in [0.15, 0.2) is 0 Å². The lowest BCUT2D eigenvalue weighted by molar-refractivity contribution is -0.136. The van der Waals surface area contributed by atoms with Gasteiger partial charge in [-0.25, -0.2) is 4.98 Å². The fourth-order valence-electron chi connectivity index (χ4n) is 4.42. The van der Waals surface area contributed by atoms with E-state index in [2.05, 4.69) is 25.5 Å². The maximum Gasteiger partial charge on any atom is 0.255 e. The van der Waals surface area contributed by atoms with E-state index in [1.807, 2.05) is 24.4 Å². The summed E-state index contributed by atoms with van der Waals surface area (Å²) >= 11 is 0. The largest absolute Gasteiger partial charge is 0.366 e. The van der Waals surface area contributed by atoms with Gasteiger partial charge in [-0.2, -0.15) is 0 Å². The van der Waals surface area contributed by atoms with Crippen LogP contribution in [0.1, 0.15) is 40.2 Å². The average molecular weight is 408 g/mol. The SMILES string of the molecule is O=C1CCC(N2Cc3ccc(CNc4cnc5n4CCNCC5)cc3C2=O)C(=O)N1. The van der Waals surface area contributed by atoms with Crippen molar-refractivity contribution in [3.63, 3.8) is 0 Å². The molecule has 0 saturated carbocycles. The van der Waals surface area contributed by atoms with Crippen LogP contribution in [0.5, 0.6) is 0 Å². The highest BCUT2D eigenvalue weighted by molar-refractivity contribution is 6.05. The van der Waals surface area contributed by atoms with Gasteiger partial charge in [-0.3, -0.25) is 19.7 Å². The number of anilines is 1. The van der Waals surface area contributed by atoms with Crippen LogP contribution in [0.25, 0.3) is 0 Å². The number of imide groups is 1. The fraction of sp³-hybridized carbons (Fsp3) is 0.429. The van der Waals surface area contributed by atoms with Gasteiger partial charge in [0.1, 0.15) is 17.7 Å². The zero-order chi connectivity index (χ0) is 20.7. The van der Waals surface area contributed by atoms with Gasteiger partial charge < -0.3 is 20.1 Å². The van der Waals surface area contributed by atoms with Gasteiger partial charge in [0, 0.05) is 51.1 Å². The van der Waals surface area contributed by atoms with Crippen molar-refractivity contribution < 1.29 is 14.4 Å². The smallest absolute Gasteiger partial charge is 0.255 e. The third-order valence-electron chi connectivity index (χ3n) is 6.04. The Labute approximate surface area is 173 Å². The third-order valence-corrected chi connectivity index (χ3v) is 6.04. The van der Waals surface area contributed by atoms with Gasteiger partial charge in [-0.1, -0.05) is 12.1 Å². The highest BCUT2D eigenvalue weighted by atomic mass is 16.2. The van der Waals surface area contributed by atoms with E-state index in [4.69, 9.17) is 0 Å². The van der Waals surface area contributed by atoms with E-state index >= 15 is 0 Å². The number of nitrogens with zero attached hydrogens (tertiary/aromatic N) is 3. The van der Waals surface area contributed by atoms with Crippen LogP contribution in [-0.4, -0.2) is 51.3 Å². The number of carbonyl (C=O) groups excluding carboxylic acids is 3. The summed E-state index contributed by atoms with van der Waals surface area (Å²) in [7, 11) is 0. The standard InChI is InChI=1S/C21H24N6O3/c28-19-4-3-16(20(29)25-19)27-12-14-2-1-13(9-15(14)21(27)30)10-23-18-11-24-17-5-6-22-7-8-26(17)18/h1-2,9,11,16,22-23H,3-8,10,12H2,(H,25,28,29). The quantitative estimate of drug-likeness (QED) is 0.632. The molecule has 3 N–H and O–H groups in total. The molecule has 0 aliphatic carbocycles. The number of benzene rings is 1. The van der Waals surface area contributed by atoms with Gasteiger partial charge in [-0.15, -0.1) is 0 Å². The number of hydrogen-bond donors (Lipinski definition) is 3. The predicted molar refractivity (Wildman–Crippen MR) is 109 cm³/mol.